The van der Waals surface area contributed by atoms with Gasteiger partial charge in [-0.25, -0.2) is 0 Å². The molecule has 0 bridgehead atoms. The van der Waals surface area contributed by atoms with E-state index in [0.717, 1.165) is 0 Å². The summed E-state index contributed by atoms with van der Waals surface area (Å²) in [5, 5.41) is 0. The summed E-state index contributed by atoms with van der Waals surface area (Å²) in [4.78, 5) is -0.181. The molecule has 0 atom stereocenters. The first-order valence-corrected chi connectivity index (χ1v) is 5.29. The van der Waals surface area contributed by atoms with E-state index in [0.29, 0.717) is 5.75 Å². The van der Waals surface area contributed by atoms with E-state index in [2.05, 4.69) is 6.58 Å². The van der Waals surface area contributed by atoms with Gasteiger partial charge in [0.15, 0.2) is 0 Å². The zero-order valence-corrected chi connectivity index (χ0v) is 8.20. The summed E-state index contributed by atoms with van der Waals surface area (Å²) in [5.41, 5.74) is 0. The first-order valence-electron chi connectivity index (χ1n) is 3.85. The molecule has 0 aromatic heterocycles. The fraction of sp³-hybridized carbons (Fsp3) is 0.111. The largest absolute Gasteiger partial charge is 0.490 e. The van der Waals surface area contributed by atoms with Crippen molar-refractivity contribution >= 4 is 10.1 Å². The van der Waals surface area contributed by atoms with Crippen molar-refractivity contribution in [2.24, 2.45) is 0 Å². The molecule has 1 N–H and O–H groups in total. The highest BCUT2D eigenvalue weighted by Gasteiger charge is 2.09. The van der Waals surface area contributed by atoms with Crippen LogP contribution in [0.3, 0.4) is 0 Å². The van der Waals surface area contributed by atoms with E-state index in [1.54, 1.807) is 12.1 Å². The second-order valence-corrected chi connectivity index (χ2v) is 3.97. The number of ether oxygens (including phenoxy) is 1. The third-order valence-corrected chi connectivity index (χ3v) is 2.32. The molecular formula is C9H10O4S. The molecule has 0 radical (unpaired) electrons. The second-order valence-electron chi connectivity index (χ2n) is 2.55. The van der Waals surface area contributed by atoms with Crippen LogP contribution < -0.4 is 4.74 Å². The minimum atomic E-state index is -4.16. The molecule has 5 heteroatoms. The summed E-state index contributed by atoms with van der Waals surface area (Å²) in [7, 11) is -4.16. The topological polar surface area (TPSA) is 63.6 Å². The summed E-state index contributed by atoms with van der Waals surface area (Å²) >= 11 is 0. The van der Waals surface area contributed by atoms with E-state index in [1.165, 1.54) is 18.2 Å². The predicted molar refractivity (Wildman–Crippen MR) is 51.9 cm³/mol. The molecule has 14 heavy (non-hydrogen) atoms. The smallest absolute Gasteiger partial charge is 0.294 e. The van der Waals surface area contributed by atoms with Crippen LogP contribution in [0.5, 0.6) is 5.75 Å². The molecule has 0 aliphatic heterocycles. The maximum Gasteiger partial charge on any atom is 0.294 e. The lowest BCUT2D eigenvalue weighted by atomic mass is 10.3. The Labute approximate surface area is 82.6 Å². The second kappa shape index (κ2) is 4.26. The van der Waals surface area contributed by atoms with Crippen molar-refractivity contribution in [3.05, 3.63) is 36.9 Å². The molecule has 76 valence electrons. The summed E-state index contributed by atoms with van der Waals surface area (Å²) in [5.74, 6) is 0.375. The van der Waals surface area contributed by atoms with Crippen molar-refractivity contribution in [2.75, 3.05) is 6.61 Å². The van der Waals surface area contributed by atoms with Gasteiger partial charge in [-0.15, -0.1) is 0 Å². The van der Waals surface area contributed by atoms with Gasteiger partial charge in [0.05, 0.1) is 4.90 Å². The van der Waals surface area contributed by atoms with Gasteiger partial charge in [0, 0.05) is 6.07 Å². The molecule has 0 amide bonds. The SMILES string of the molecule is C=CCOc1cccc(S(=O)(=O)O)c1. The third kappa shape index (κ3) is 2.86. The molecule has 0 heterocycles. The molecule has 0 saturated heterocycles. The van der Waals surface area contributed by atoms with Crippen LogP contribution in [0.4, 0.5) is 0 Å². The molecule has 0 aliphatic rings. The zero-order chi connectivity index (χ0) is 10.6. The van der Waals surface area contributed by atoms with E-state index in [9.17, 15) is 8.42 Å². The van der Waals surface area contributed by atoms with E-state index in [-0.39, 0.29) is 11.5 Å². The fourth-order valence-electron chi connectivity index (χ4n) is 0.880. The van der Waals surface area contributed by atoms with Crippen LogP contribution in [0.1, 0.15) is 0 Å². The van der Waals surface area contributed by atoms with Gasteiger partial charge in [-0.3, -0.25) is 4.55 Å². The van der Waals surface area contributed by atoms with Crippen LogP contribution >= 0.6 is 0 Å². The average molecular weight is 214 g/mol. The van der Waals surface area contributed by atoms with Crippen LogP contribution in [0.25, 0.3) is 0 Å². The molecule has 0 saturated carbocycles. The molecule has 1 rings (SSSR count). The van der Waals surface area contributed by atoms with Crippen molar-refractivity contribution in [3.63, 3.8) is 0 Å². The van der Waals surface area contributed by atoms with Crippen molar-refractivity contribution in [3.8, 4) is 5.75 Å². The molecule has 0 unspecified atom stereocenters. The first kappa shape index (κ1) is 10.7. The fourth-order valence-corrected chi connectivity index (χ4v) is 1.40. The molecule has 0 spiro atoms. The summed E-state index contributed by atoms with van der Waals surface area (Å²) < 4.78 is 35.3. The highest BCUT2D eigenvalue weighted by Crippen LogP contribution is 2.16. The Kier molecular flexibility index (Phi) is 3.27. The molecule has 0 fully saturated rings. The maximum absolute atomic E-state index is 10.7. The standard InChI is InChI=1S/C9H10O4S/c1-2-6-13-8-4-3-5-9(7-8)14(10,11)12/h2-5,7H,1,6H2,(H,10,11,12). The van der Waals surface area contributed by atoms with E-state index < -0.39 is 10.1 Å². The van der Waals surface area contributed by atoms with E-state index in [4.69, 9.17) is 9.29 Å². The summed E-state index contributed by atoms with van der Waals surface area (Å²) in [6.07, 6.45) is 1.54. The summed E-state index contributed by atoms with van der Waals surface area (Å²) in [6, 6.07) is 5.62. The highest BCUT2D eigenvalue weighted by molar-refractivity contribution is 7.85. The van der Waals surface area contributed by atoms with Crippen LogP contribution in [0, 0.1) is 0 Å². The number of benzene rings is 1. The molecule has 1 aromatic carbocycles. The first-order chi connectivity index (χ1) is 6.54. The monoisotopic (exact) mass is 214 g/mol. The minimum Gasteiger partial charge on any atom is -0.490 e. The lowest BCUT2D eigenvalue weighted by Crippen LogP contribution is -1.99. The van der Waals surface area contributed by atoms with Crippen LogP contribution in [0.15, 0.2) is 41.8 Å². The van der Waals surface area contributed by atoms with Crippen LogP contribution in [-0.2, 0) is 10.1 Å². The Hall–Kier alpha value is -1.33. The zero-order valence-electron chi connectivity index (χ0n) is 7.38. The Morgan fingerprint density at radius 3 is 2.79 bits per heavy atom. The van der Waals surface area contributed by atoms with E-state index >= 15 is 0 Å². The van der Waals surface area contributed by atoms with Gasteiger partial charge < -0.3 is 4.74 Å². The highest BCUT2D eigenvalue weighted by atomic mass is 32.2. The van der Waals surface area contributed by atoms with Gasteiger partial charge >= 0.3 is 0 Å². The van der Waals surface area contributed by atoms with Gasteiger partial charge in [0.25, 0.3) is 10.1 Å². The van der Waals surface area contributed by atoms with Crippen LogP contribution in [-0.4, -0.2) is 19.6 Å². The van der Waals surface area contributed by atoms with Gasteiger partial charge in [-0.1, -0.05) is 18.7 Å². The third-order valence-electron chi connectivity index (χ3n) is 1.47. The molecule has 1 aromatic rings. The Morgan fingerprint density at radius 2 is 2.21 bits per heavy atom. The number of hydrogen-bond donors (Lipinski definition) is 1. The van der Waals surface area contributed by atoms with Gasteiger partial charge in [-0.05, 0) is 12.1 Å². The Morgan fingerprint density at radius 1 is 1.50 bits per heavy atom. The van der Waals surface area contributed by atoms with Crippen molar-refractivity contribution in [1.29, 1.82) is 0 Å². The van der Waals surface area contributed by atoms with E-state index in [1.807, 2.05) is 0 Å². The molecule has 4 nitrogen and oxygen atoms in total. The lowest BCUT2D eigenvalue weighted by Gasteiger charge is -2.03. The predicted octanol–water partition coefficient (Wildman–Crippen LogP) is 1.50. The van der Waals surface area contributed by atoms with Crippen molar-refractivity contribution in [2.45, 2.75) is 4.90 Å². The average Bonchev–Trinajstić information content (AvgIpc) is 2.14. The lowest BCUT2D eigenvalue weighted by molar-refractivity contribution is 0.362. The number of hydrogen-bond acceptors (Lipinski definition) is 3. The van der Waals surface area contributed by atoms with Gasteiger partial charge in [0.1, 0.15) is 12.4 Å². The quantitative estimate of drug-likeness (QED) is 0.609. The Balaban J connectivity index is 2.95. The maximum atomic E-state index is 10.7. The van der Waals surface area contributed by atoms with Gasteiger partial charge in [-0.2, -0.15) is 8.42 Å². The van der Waals surface area contributed by atoms with Crippen molar-refractivity contribution in [1.82, 2.24) is 0 Å². The number of rotatable bonds is 4. The summed E-state index contributed by atoms with van der Waals surface area (Å²) in [6.45, 7) is 3.74. The van der Waals surface area contributed by atoms with Gasteiger partial charge in [0.2, 0.25) is 0 Å². The van der Waals surface area contributed by atoms with Crippen molar-refractivity contribution < 1.29 is 17.7 Å². The van der Waals surface area contributed by atoms with Crippen LogP contribution in [0.2, 0.25) is 0 Å². The minimum absolute atomic E-state index is 0.181. The Bertz CT molecular complexity index is 422. The molecule has 0 aliphatic carbocycles. The normalized spacial score (nSPS) is 10.9. The molecular weight excluding hydrogens is 204 g/mol.